The van der Waals surface area contributed by atoms with Gasteiger partial charge in [0.15, 0.2) is 21.5 Å². The summed E-state index contributed by atoms with van der Waals surface area (Å²) in [6.07, 6.45) is 4.77. The zero-order valence-electron chi connectivity index (χ0n) is 22.7. The lowest BCUT2D eigenvalue weighted by molar-refractivity contribution is -0.126. The first kappa shape index (κ1) is 27.8. The predicted molar refractivity (Wildman–Crippen MR) is 150 cm³/mol. The molecule has 1 aliphatic heterocycles. The maximum Gasteiger partial charge on any atom is 0.224 e. The van der Waals surface area contributed by atoms with Gasteiger partial charge in [-0.1, -0.05) is 25.0 Å². The number of pyridine rings is 1. The van der Waals surface area contributed by atoms with E-state index in [1.54, 1.807) is 6.92 Å². The van der Waals surface area contributed by atoms with Crippen molar-refractivity contribution in [2.45, 2.75) is 51.5 Å². The predicted octanol–water partition coefficient (Wildman–Crippen LogP) is 3.92. The fourth-order valence-corrected chi connectivity index (χ4v) is 7.02. The molecule has 11 heteroatoms. The van der Waals surface area contributed by atoms with Crippen molar-refractivity contribution >= 4 is 21.4 Å². The van der Waals surface area contributed by atoms with Crippen LogP contribution in [0.1, 0.15) is 49.9 Å². The van der Waals surface area contributed by atoms with Crippen molar-refractivity contribution in [2.24, 2.45) is 5.92 Å². The highest BCUT2D eigenvalue weighted by Gasteiger charge is 2.37. The summed E-state index contributed by atoms with van der Waals surface area (Å²) in [6.45, 7) is 4.42. The molecule has 2 fully saturated rings. The van der Waals surface area contributed by atoms with E-state index in [1.165, 1.54) is 23.0 Å². The molecule has 5 rings (SSSR count). The summed E-state index contributed by atoms with van der Waals surface area (Å²) in [5.74, 6) is -0.888. The van der Waals surface area contributed by atoms with Crippen molar-refractivity contribution in [3.63, 3.8) is 0 Å². The van der Waals surface area contributed by atoms with Crippen molar-refractivity contribution in [2.75, 3.05) is 29.5 Å². The normalized spacial score (nSPS) is 21.4. The van der Waals surface area contributed by atoms with Crippen LogP contribution in [-0.4, -0.2) is 59.7 Å². The number of amides is 1. The molecule has 9 nitrogen and oxygen atoms in total. The van der Waals surface area contributed by atoms with Gasteiger partial charge < -0.3 is 10.2 Å². The number of rotatable bonds is 6. The Bertz CT molecular complexity index is 1530. The monoisotopic (exact) mass is 564 g/mol. The van der Waals surface area contributed by atoms with Crippen LogP contribution in [0.5, 0.6) is 0 Å². The first-order valence-electron chi connectivity index (χ1n) is 13.6. The number of benzene rings is 1. The van der Waals surface area contributed by atoms with Gasteiger partial charge >= 0.3 is 0 Å². The third-order valence-electron chi connectivity index (χ3n) is 7.95. The minimum atomic E-state index is -2.99. The highest BCUT2D eigenvalue weighted by Crippen LogP contribution is 2.43. The van der Waals surface area contributed by atoms with E-state index >= 15 is 0 Å². The van der Waals surface area contributed by atoms with E-state index in [2.05, 4.69) is 21.3 Å². The molecular formula is C29H33FN6O3S. The summed E-state index contributed by atoms with van der Waals surface area (Å²) in [5, 5.41) is 16.9. The van der Waals surface area contributed by atoms with Crippen LogP contribution in [0.25, 0.3) is 16.9 Å². The minimum absolute atomic E-state index is 0.0913. The molecule has 1 aromatic carbocycles. The molecule has 3 aromatic rings. The van der Waals surface area contributed by atoms with Crippen LogP contribution >= 0.6 is 0 Å². The summed E-state index contributed by atoms with van der Waals surface area (Å²) in [6, 6.07) is 12.2. The number of hydrogen-bond donors (Lipinski definition) is 1. The fraction of sp³-hybridized carbons (Fsp3) is 0.448. The van der Waals surface area contributed by atoms with E-state index in [0.29, 0.717) is 30.9 Å². The highest BCUT2D eigenvalue weighted by molar-refractivity contribution is 7.91. The molecule has 1 aliphatic carbocycles. The van der Waals surface area contributed by atoms with Gasteiger partial charge in [-0.15, -0.1) is 0 Å². The number of nitrogens with one attached hydrogen (secondary N) is 1. The Kier molecular flexibility index (Phi) is 7.90. The van der Waals surface area contributed by atoms with Crippen molar-refractivity contribution in [1.29, 1.82) is 5.26 Å². The Balaban J connectivity index is 1.57. The first-order chi connectivity index (χ1) is 19.2. The van der Waals surface area contributed by atoms with Crippen LogP contribution in [0.3, 0.4) is 0 Å². The smallest absolute Gasteiger partial charge is 0.224 e. The second-order valence-corrected chi connectivity index (χ2v) is 12.9. The number of nitrogens with zero attached hydrogens (tertiary/aromatic N) is 5. The zero-order chi connectivity index (χ0) is 28.4. The van der Waals surface area contributed by atoms with Gasteiger partial charge in [0.05, 0.1) is 29.0 Å². The van der Waals surface area contributed by atoms with Crippen molar-refractivity contribution in [1.82, 2.24) is 20.1 Å². The second-order valence-electron chi connectivity index (χ2n) is 10.6. The molecule has 210 valence electrons. The number of nitriles is 1. The average molecular weight is 565 g/mol. The molecule has 0 bridgehead atoms. The molecule has 40 heavy (non-hydrogen) atoms. The second kappa shape index (κ2) is 11.4. The molecule has 0 unspecified atom stereocenters. The van der Waals surface area contributed by atoms with Crippen molar-refractivity contribution in [3.05, 3.63) is 59.8 Å². The van der Waals surface area contributed by atoms with Gasteiger partial charge in [0.25, 0.3) is 0 Å². The van der Waals surface area contributed by atoms with Gasteiger partial charge in [0.1, 0.15) is 6.04 Å². The lowest BCUT2D eigenvalue weighted by Gasteiger charge is -2.31. The van der Waals surface area contributed by atoms with E-state index < -0.39 is 21.7 Å². The van der Waals surface area contributed by atoms with E-state index in [9.17, 15) is 22.9 Å². The zero-order valence-corrected chi connectivity index (χ0v) is 23.5. The third-order valence-corrected chi connectivity index (χ3v) is 9.56. The van der Waals surface area contributed by atoms with Crippen LogP contribution in [0.2, 0.25) is 0 Å². The summed E-state index contributed by atoms with van der Waals surface area (Å²) < 4.78 is 40.1. The van der Waals surface area contributed by atoms with Crippen LogP contribution < -0.4 is 10.2 Å². The maximum absolute atomic E-state index is 14.9. The summed E-state index contributed by atoms with van der Waals surface area (Å²) >= 11 is 0. The Morgan fingerprint density at radius 1 is 1.15 bits per heavy atom. The number of carbonyl (C=O) groups is 1. The van der Waals surface area contributed by atoms with E-state index in [1.807, 2.05) is 31.2 Å². The average Bonchev–Trinajstić information content (AvgIpc) is 3.29. The van der Waals surface area contributed by atoms with Gasteiger partial charge in [-0.3, -0.25) is 4.79 Å². The van der Waals surface area contributed by atoms with Crippen LogP contribution in [0.4, 0.5) is 10.1 Å². The van der Waals surface area contributed by atoms with Crippen LogP contribution in [0, 0.1) is 30.0 Å². The van der Waals surface area contributed by atoms with Gasteiger partial charge in [0.2, 0.25) is 5.91 Å². The van der Waals surface area contributed by atoms with Gasteiger partial charge in [0, 0.05) is 42.4 Å². The molecule has 2 aliphatic rings. The van der Waals surface area contributed by atoms with Crippen LogP contribution in [-0.2, 0) is 14.6 Å². The SMILES string of the molecule is Cc1c(-c2ccc(N3CCS(=O)(=O)CC3)cc2)c([C@@H]2CCCC[C@H]2C(=O)N[C@@H](C)C#N)nn1-c1ncccc1F. The molecule has 0 radical (unpaired) electrons. The summed E-state index contributed by atoms with van der Waals surface area (Å²) in [7, 11) is -2.99. The third kappa shape index (κ3) is 5.59. The molecule has 3 heterocycles. The standard InChI is InChI=1S/C29H33FN6O3S/c1-19(18-31)33-29(37)24-7-4-3-6-23(24)27-26(20(2)36(34-27)28-25(30)8-5-13-32-28)21-9-11-22(12-10-21)35-14-16-40(38,39)17-15-35/h5,8-13,19,23-24H,3-4,6-7,14-17H2,1-2H3,(H,33,37)/t19-,23+,24+/m0/s1. The quantitative estimate of drug-likeness (QED) is 0.482. The minimum Gasteiger partial charge on any atom is -0.369 e. The van der Waals surface area contributed by atoms with E-state index in [-0.39, 0.29) is 35.1 Å². The maximum atomic E-state index is 14.9. The van der Waals surface area contributed by atoms with E-state index in [0.717, 1.165) is 36.1 Å². The molecule has 1 saturated heterocycles. The molecule has 0 spiro atoms. The highest BCUT2D eigenvalue weighted by atomic mass is 32.2. The summed E-state index contributed by atoms with van der Waals surface area (Å²) in [5.41, 5.74) is 4.05. The van der Waals surface area contributed by atoms with Crippen LogP contribution in [0.15, 0.2) is 42.6 Å². The number of carbonyl (C=O) groups excluding carboxylic acids is 1. The number of aromatic nitrogens is 3. The number of anilines is 1. The van der Waals surface area contributed by atoms with Gasteiger partial charge in [-0.05, 0) is 56.5 Å². The van der Waals surface area contributed by atoms with Gasteiger partial charge in [-0.25, -0.2) is 22.5 Å². The summed E-state index contributed by atoms with van der Waals surface area (Å²) in [4.78, 5) is 19.6. The molecule has 1 N–H and O–H groups in total. The number of hydrogen-bond acceptors (Lipinski definition) is 7. The lowest BCUT2D eigenvalue weighted by Crippen LogP contribution is -2.40. The number of halogens is 1. The van der Waals surface area contributed by atoms with Crippen molar-refractivity contribution < 1.29 is 17.6 Å². The fourth-order valence-electron chi connectivity index (χ4n) is 5.81. The molecule has 1 amide bonds. The molecule has 3 atom stereocenters. The Morgan fingerprint density at radius 2 is 1.85 bits per heavy atom. The first-order valence-corrected chi connectivity index (χ1v) is 15.5. The molecule has 2 aromatic heterocycles. The van der Waals surface area contributed by atoms with E-state index in [4.69, 9.17) is 5.10 Å². The topological polar surface area (TPSA) is 121 Å². The van der Waals surface area contributed by atoms with Crippen molar-refractivity contribution in [3.8, 4) is 23.0 Å². The lowest BCUT2D eigenvalue weighted by atomic mass is 9.75. The number of sulfone groups is 1. The Labute approximate surface area is 233 Å². The largest absolute Gasteiger partial charge is 0.369 e. The molecular weight excluding hydrogens is 531 g/mol. The molecule has 1 saturated carbocycles. The van der Waals surface area contributed by atoms with Gasteiger partial charge in [-0.2, -0.15) is 10.4 Å². The Hall–Kier alpha value is -3.78. The Morgan fingerprint density at radius 3 is 2.52 bits per heavy atom.